The Bertz CT molecular complexity index is 357. The second-order valence-electron chi connectivity index (χ2n) is 4.90. The van der Waals surface area contributed by atoms with Crippen LogP contribution in [0.15, 0.2) is 35.5 Å². The molecule has 1 aliphatic carbocycles. The Hall–Kier alpha value is -1.31. The van der Waals surface area contributed by atoms with E-state index < -0.39 is 11.4 Å². The van der Waals surface area contributed by atoms with Crippen LogP contribution in [0.3, 0.4) is 0 Å². The number of aliphatic carboxylic acids is 1. The first-order chi connectivity index (χ1) is 7.44. The fourth-order valence-electron chi connectivity index (χ4n) is 1.85. The van der Waals surface area contributed by atoms with Gasteiger partial charge in [-0.15, -0.1) is 0 Å². The van der Waals surface area contributed by atoms with E-state index in [4.69, 9.17) is 5.11 Å². The van der Waals surface area contributed by atoms with Crippen LogP contribution < -0.4 is 0 Å². The van der Waals surface area contributed by atoms with E-state index in [9.17, 15) is 4.79 Å². The van der Waals surface area contributed by atoms with Crippen LogP contribution in [0.2, 0.25) is 0 Å². The van der Waals surface area contributed by atoms with Crippen molar-refractivity contribution in [3.05, 3.63) is 35.5 Å². The number of carbonyl (C=O) groups is 1. The lowest BCUT2D eigenvalue weighted by Crippen LogP contribution is -2.27. The van der Waals surface area contributed by atoms with Gasteiger partial charge < -0.3 is 5.11 Å². The predicted molar refractivity (Wildman–Crippen MR) is 66.2 cm³/mol. The van der Waals surface area contributed by atoms with Gasteiger partial charge in [-0.25, -0.2) is 0 Å². The highest BCUT2D eigenvalue weighted by molar-refractivity contribution is 5.77. The van der Waals surface area contributed by atoms with Gasteiger partial charge in [0.05, 0.1) is 5.41 Å². The maximum Gasteiger partial charge on any atom is 0.313 e. The van der Waals surface area contributed by atoms with Gasteiger partial charge >= 0.3 is 5.97 Å². The van der Waals surface area contributed by atoms with Gasteiger partial charge in [0.25, 0.3) is 0 Å². The van der Waals surface area contributed by atoms with Gasteiger partial charge in [0.1, 0.15) is 0 Å². The van der Waals surface area contributed by atoms with Gasteiger partial charge in [-0.05, 0) is 40.0 Å². The molecule has 0 aromatic heterocycles. The zero-order valence-corrected chi connectivity index (χ0v) is 10.3. The monoisotopic (exact) mass is 220 g/mol. The molecule has 1 unspecified atom stereocenters. The Balaban J connectivity index is 2.59. The van der Waals surface area contributed by atoms with E-state index in [2.05, 4.69) is 19.9 Å². The van der Waals surface area contributed by atoms with Crippen LogP contribution in [0.4, 0.5) is 0 Å². The standard InChI is InChI=1S/C14H20O2/c1-11(2)6-4-7-12-8-5-9-14(3,10-12)13(15)16/h5-6,8-9H,4,7,10H2,1-3H3,(H,15,16). The summed E-state index contributed by atoms with van der Waals surface area (Å²) in [5, 5.41) is 9.14. The molecule has 0 spiro atoms. The second-order valence-corrected chi connectivity index (χ2v) is 4.90. The Morgan fingerprint density at radius 1 is 1.56 bits per heavy atom. The topological polar surface area (TPSA) is 37.3 Å². The first-order valence-electron chi connectivity index (χ1n) is 5.68. The van der Waals surface area contributed by atoms with E-state index in [0.717, 1.165) is 12.8 Å². The van der Waals surface area contributed by atoms with Crippen molar-refractivity contribution in [3.63, 3.8) is 0 Å². The van der Waals surface area contributed by atoms with Crippen molar-refractivity contribution in [2.45, 2.75) is 40.0 Å². The average Bonchev–Trinajstić information content (AvgIpc) is 2.17. The minimum atomic E-state index is -0.739. The van der Waals surface area contributed by atoms with Gasteiger partial charge in [-0.1, -0.05) is 35.5 Å². The Labute approximate surface area is 97.4 Å². The van der Waals surface area contributed by atoms with Crippen molar-refractivity contribution >= 4 is 5.97 Å². The summed E-state index contributed by atoms with van der Waals surface area (Å²) in [4.78, 5) is 11.1. The minimum Gasteiger partial charge on any atom is -0.481 e. The summed E-state index contributed by atoms with van der Waals surface area (Å²) in [5.41, 5.74) is 1.83. The molecule has 0 amide bonds. The third-order valence-corrected chi connectivity index (χ3v) is 2.90. The number of rotatable bonds is 4. The quantitative estimate of drug-likeness (QED) is 0.733. The van der Waals surface area contributed by atoms with Crippen molar-refractivity contribution in [1.29, 1.82) is 0 Å². The van der Waals surface area contributed by atoms with Crippen LogP contribution in [0.1, 0.15) is 40.0 Å². The second kappa shape index (κ2) is 5.15. The van der Waals surface area contributed by atoms with Gasteiger partial charge in [-0.2, -0.15) is 0 Å². The van der Waals surface area contributed by atoms with E-state index in [1.807, 2.05) is 12.2 Å². The third-order valence-electron chi connectivity index (χ3n) is 2.90. The summed E-state index contributed by atoms with van der Waals surface area (Å²) in [6.07, 6.45) is 10.5. The molecule has 0 saturated carbocycles. The summed E-state index contributed by atoms with van der Waals surface area (Å²) >= 11 is 0. The van der Waals surface area contributed by atoms with E-state index >= 15 is 0 Å². The van der Waals surface area contributed by atoms with Crippen LogP contribution in [0.5, 0.6) is 0 Å². The normalized spacial score (nSPS) is 23.8. The molecule has 16 heavy (non-hydrogen) atoms. The van der Waals surface area contributed by atoms with E-state index in [0.29, 0.717) is 6.42 Å². The highest BCUT2D eigenvalue weighted by atomic mass is 16.4. The van der Waals surface area contributed by atoms with Crippen LogP contribution >= 0.6 is 0 Å². The highest BCUT2D eigenvalue weighted by Crippen LogP contribution is 2.33. The zero-order chi connectivity index (χ0) is 12.2. The van der Waals surface area contributed by atoms with Gasteiger partial charge in [0, 0.05) is 0 Å². The summed E-state index contributed by atoms with van der Waals surface area (Å²) in [6, 6.07) is 0. The average molecular weight is 220 g/mol. The Morgan fingerprint density at radius 3 is 2.81 bits per heavy atom. The van der Waals surface area contributed by atoms with Crippen molar-refractivity contribution in [2.75, 3.05) is 0 Å². The van der Waals surface area contributed by atoms with Crippen LogP contribution in [-0.4, -0.2) is 11.1 Å². The molecule has 0 fully saturated rings. The Kier molecular flexibility index (Phi) is 4.11. The molecule has 0 aromatic rings. The molecule has 0 bridgehead atoms. The summed E-state index contributed by atoms with van der Waals surface area (Å²) in [7, 11) is 0. The summed E-state index contributed by atoms with van der Waals surface area (Å²) < 4.78 is 0. The van der Waals surface area contributed by atoms with E-state index in [1.54, 1.807) is 13.0 Å². The molecule has 0 aliphatic heterocycles. The van der Waals surface area contributed by atoms with E-state index in [1.165, 1.54) is 11.1 Å². The van der Waals surface area contributed by atoms with Gasteiger partial charge in [-0.3, -0.25) is 4.79 Å². The smallest absolute Gasteiger partial charge is 0.313 e. The van der Waals surface area contributed by atoms with Crippen molar-refractivity contribution < 1.29 is 9.90 Å². The lowest BCUT2D eigenvalue weighted by molar-refractivity contribution is -0.145. The lowest BCUT2D eigenvalue weighted by atomic mass is 9.79. The first-order valence-corrected chi connectivity index (χ1v) is 5.68. The molecule has 0 saturated heterocycles. The molecular weight excluding hydrogens is 200 g/mol. The fourth-order valence-corrected chi connectivity index (χ4v) is 1.85. The number of hydrogen-bond donors (Lipinski definition) is 1. The fraction of sp³-hybridized carbons (Fsp3) is 0.500. The molecular formula is C14H20O2. The lowest BCUT2D eigenvalue weighted by Gasteiger charge is -2.25. The van der Waals surface area contributed by atoms with E-state index in [-0.39, 0.29) is 0 Å². The molecule has 2 nitrogen and oxygen atoms in total. The van der Waals surface area contributed by atoms with Gasteiger partial charge in [0.2, 0.25) is 0 Å². The van der Waals surface area contributed by atoms with Crippen molar-refractivity contribution in [3.8, 4) is 0 Å². The maximum atomic E-state index is 11.1. The molecule has 0 radical (unpaired) electrons. The molecule has 0 aromatic carbocycles. The Morgan fingerprint density at radius 2 is 2.25 bits per heavy atom. The minimum absolute atomic E-state index is 0.634. The largest absolute Gasteiger partial charge is 0.481 e. The maximum absolute atomic E-state index is 11.1. The first kappa shape index (κ1) is 12.8. The predicted octanol–water partition coefficient (Wildman–Crippen LogP) is 3.71. The molecule has 1 N–H and O–H groups in total. The van der Waals surface area contributed by atoms with Gasteiger partial charge in [0.15, 0.2) is 0 Å². The summed E-state index contributed by atoms with van der Waals surface area (Å²) in [5.74, 6) is -0.739. The number of hydrogen-bond acceptors (Lipinski definition) is 1. The van der Waals surface area contributed by atoms with Crippen LogP contribution in [0.25, 0.3) is 0 Å². The van der Waals surface area contributed by atoms with Crippen molar-refractivity contribution in [1.82, 2.24) is 0 Å². The number of carboxylic acid groups (broad SMARTS) is 1. The third kappa shape index (κ3) is 3.37. The van der Waals surface area contributed by atoms with Crippen molar-refractivity contribution in [2.24, 2.45) is 5.41 Å². The highest BCUT2D eigenvalue weighted by Gasteiger charge is 2.32. The molecule has 1 aliphatic rings. The SMILES string of the molecule is CC(C)=CCCC1=CC=CC(C)(C(=O)O)C1. The number of carboxylic acids is 1. The van der Waals surface area contributed by atoms with Crippen LogP contribution in [-0.2, 0) is 4.79 Å². The molecule has 1 atom stereocenters. The molecule has 0 heterocycles. The molecule has 1 rings (SSSR count). The zero-order valence-electron chi connectivity index (χ0n) is 10.3. The van der Waals surface area contributed by atoms with Crippen LogP contribution in [0, 0.1) is 5.41 Å². The number of allylic oxidation sites excluding steroid dienone is 5. The molecule has 2 heteroatoms. The summed E-state index contributed by atoms with van der Waals surface area (Å²) in [6.45, 7) is 5.94. The molecule has 88 valence electrons.